The molecule has 139 heavy (non-hydrogen) atoms. The third-order valence-corrected chi connectivity index (χ3v) is 30.4. The molecule has 0 spiro atoms. The Morgan fingerprint density at radius 3 is 0.806 bits per heavy atom. The summed E-state index contributed by atoms with van der Waals surface area (Å²) in [5.41, 5.74) is 1.82. The standard InChI is InChI=1S/C64H118N2O4.C63H114N2O4/c1-8-15-19-21-23-25-27-29-31-33-34-36-38-40-42-44-52-65-63(69)55-58(61(67)50-48-56(12-5)46-17-10-3)54-60(62(68)51-49-57(13-6)47-18-11-4)59(14-7)64(70)66-53-45-43-41-39-37-35-32-30-28-26-24-22-20-16-9-2;1-7-13-17-19-21-23-25-27-29-30-31-33-35-37-39-41-43-47-60(66)56-51-57(61(67)49-48-54(11-5)45-15-9-3)58(52-59(56)63(69)65-53-55(12-6)46-16-10-4)62(68)64-50-44-42-40-38-36-34-32-28-26-24-22-20-18-14-8-2/h14,54,56-57H,7-13,15-53,55H2,1-6H3,(H,65,69)(H,66,70);51-52,54-55H,7-50,53H2,1-6H3,(H,64,68)(H,65,69)/b58-54+,60-59-;. The summed E-state index contributed by atoms with van der Waals surface area (Å²) in [5.74, 6) is 0.0146. The van der Waals surface area contributed by atoms with Crippen molar-refractivity contribution in [1.82, 2.24) is 21.3 Å². The Kier molecular flexibility index (Phi) is 98.0. The first-order valence-corrected chi connectivity index (χ1v) is 61.5. The van der Waals surface area contributed by atoms with Crippen LogP contribution in [0.2, 0.25) is 0 Å². The molecule has 1 aromatic carbocycles. The highest BCUT2D eigenvalue weighted by molar-refractivity contribution is 6.15. The van der Waals surface area contributed by atoms with Gasteiger partial charge in [0, 0.05) is 79.7 Å². The second-order valence-corrected chi connectivity index (χ2v) is 43.0. The number of benzene rings is 1. The molecule has 0 heterocycles. The van der Waals surface area contributed by atoms with Gasteiger partial charge in [-0.15, -0.1) is 0 Å². The van der Waals surface area contributed by atoms with Crippen molar-refractivity contribution in [2.24, 2.45) is 23.7 Å². The zero-order valence-electron chi connectivity index (χ0n) is 94.4. The molecule has 0 aliphatic rings. The first-order valence-electron chi connectivity index (χ1n) is 61.5. The summed E-state index contributed by atoms with van der Waals surface area (Å²) < 4.78 is 0. The van der Waals surface area contributed by atoms with Crippen LogP contribution in [-0.2, 0) is 19.2 Å². The monoisotopic (exact) mass is 1940 g/mol. The highest BCUT2D eigenvalue weighted by Crippen LogP contribution is 2.31. The Bertz CT molecular complexity index is 3150. The average Bonchev–Trinajstić information content (AvgIpc) is 0.783. The van der Waals surface area contributed by atoms with E-state index in [4.69, 9.17) is 0 Å². The number of nitrogens with one attached hydrogen (secondary N) is 4. The SMILES string of the molecule is C=C/C(C(=O)NCCCCCCCCCCCCCCCCC)=C(\C=C(/CC(=O)NCCCCCCCCCCCCCCCCCC)C(=O)CCC(CC)CCCC)C(=O)CCC(CC)CCCC.CCCCCCCCCCCCCCCCCCCC(=O)c1cc(C(=O)CCC(CC)CCCC)c(C(=O)NCCCCCCCCCCCCCCCCC)cc1C(=O)NCC(CC)CCCC. The van der Waals surface area contributed by atoms with Crippen molar-refractivity contribution in [2.45, 2.75) is 642 Å². The summed E-state index contributed by atoms with van der Waals surface area (Å²) in [6, 6.07) is 3.23. The number of unbranched alkanes of at least 4 members (excludes halogenated alkanes) is 63. The minimum Gasteiger partial charge on any atom is -0.356 e. The van der Waals surface area contributed by atoms with Crippen molar-refractivity contribution in [3.05, 3.63) is 69.8 Å². The molecule has 0 aliphatic carbocycles. The van der Waals surface area contributed by atoms with E-state index in [0.29, 0.717) is 92.2 Å². The molecule has 1 aromatic rings. The lowest BCUT2D eigenvalue weighted by atomic mass is 9.88. The third-order valence-electron chi connectivity index (χ3n) is 30.4. The van der Waals surface area contributed by atoms with Crippen molar-refractivity contribution >= 4 is 46.8 Å². The molecular weight excluding hydrogens is 1710 g/mol. The number of Topliss-reactive ketones (excluding diaryl/α,β-unsaturated/α-hetero) is 4. The zero-order chi connectivity index (χ0) is 102. The second-order valence-electron chi connectivity index (χ2n) is 43.0. The molecule has 0 aliphatic heterocycles. The maximum atomic E-state index is 14.3. The predicted octanol–water partition coefficient (Wildman–Crippen LogP) is 38.9. The van der Waals surface area contributed by atoms with Crippen LogP contribution in [0, 0.1) is 23.7 Å². The lowest BCUT2D eigenvalue weighted by Gasteiger charge is -2.19. The van der Waals surface area contributed by atoms with Crippen molar-refractivity contribution in [2.75, 3.05) is 26.2 Å². The molecule has 0 saturated carbocycles. The smallest absolute Gasteiger partial charge is 0.252 e. The molecule has 808 valence electrons. The van der Waals surface area contributed by atoms with Gasteiger partial charge in [-0.2, -0.15) is 0 Å². The van der Waals surface area contributed by atoms with Gasteiger partial charge in [0.1, 0.15) is 0 Å². The fourth-order valence-corrected chi connectivity index (χ4v) is 20.2. The highest BCUT2D eigenvalue weighted by Gasteiger charge is 2.29. The Labute approximate surface area is 862 Å². The van der Waals surface area contributed by atoms with Crippen LogP contribution in [-0.4, -0.2) is 72.9 Å². The van der Waals surface area contributed by atoms with Gasteiger partial charge in [-0.25, -0.2) is 0 Å². The molecule has 12 heteroatoms. The number of amides is 4. The lowest BCUT2D eigenvalue weighted by Crippen LogP contribution is -2.32. The van der Waals surface area contributed by atoms with E-state index in [1.807, 2.05) is 0 Å². The van der Waals surface area contributed by atoms with Crippen LogP contribution in [0.1, 0.15) is 683 Å². The normalized spacial score (nSPS) is 12.6. The fourth-order valence-electron chi connectivity index (χ4n) is 20.2. The van der Waals surface area contributed by atoms with Crippen LogP contribution in [0.15, 0.2) is 47.6 Å². The number of carbonyl (C=O) groups excluding carboxylic acids is 8. The molecule has 4 unspecified atom stereocenters. The number of allylic oxidation sites excluding steroid dienone is 2. The molecule has 4 atom stereocenters. The lowest BCUT2D eigenvalue weighted by molar-refractivity contribution is -0.122. The summed E-state index contributed by atoms with van der Waals surface area (Å²) >= 11 is 0. The van der Waals surface area contributed by atoms with E-state index in [9.17, 15) is 38.4 Å². The first kappa shape index (κ1) is 134. The van der Waals surface area contributed by atoms with Gasteiger partial charge < -0.3 is 21.3 Å². The summed E-state index contributed by atoms with van der Waals surface area (Å²) in [7, 11) is 0. The van der Waals surface area contributed by atoms with Gasteiger partial charge in [0.2, 0.25) is 5.91 Å². The molecule has 0 bridgehead atoms. The number of hydrogen-bond donors (Lipinski definition) is 4. The van der Waals surface area contributed by atoms with E-state index in [-0.39, 0.29) is 75.5 Å². The first-order chi connectivity index (χ1) is 68.0. The largest absolute Gasteiger partial charge is 0.356 e. The average molecular weight is 1940 g/mol. The van der Waals surface area contributed by atoms with Gasteiger partial charge in [-0.3, -0.25) is 38.4 Å². The summed E-state index contributed by atoms with van der Waals surface area (Å²) in [5, 5.41) is 12.5. The molecule has 0 saturated heterocycles. The number of hydrogen-bond acceptors (Lipinski definition) is 8. The number of carbonyl (C=O) groups is 8. The van der Waals surface area contributed by atoms with Gasteiger partial charge in [0.15, 0.2) is 23.1 Å². The third kappa shape index (κ3) is 78.1. The van der Waals surface area contributed by atoms with E-state index in [1.165, 1.54) is 340 Å². The molecule has 0 fully saturated rings. The van der Waals surface area contributed by atoms with Crippen molar-refractivity contribution in [3.8, 4) is 0 Å². The van der Waals surface area contributed by atoms with Crippen LogP contribution in [0.25, 0.3) is 0 Å². The van der Waals surface area contributed by atoms with Crippen molar-refractivity contribution in [3.63, 3.8) is 0 Å². The van der Waals surface area contributed by atoms with Crippen molar-refractivity contribution in [1.29, 1.82) is 0 Å². The Morgan fingerprint density at radius 2 is 0.496 bits per heavy atom. The van der Waals surface area contributed by atoms with E-state index in [2.05, 4.69) is 111 Å². The van der Waals surface area contributed by atoms with Gasteiger partial charge >= 0.3 is 0 Å². The summed E-state index contributed by atoms with van der Waals surface area (Å²) in [4.78, 5) is 113. The topological polar surface area (TPSA) is 185 Å². The van der Waals surface area contributed by atoms with Crippen LogP contribution >= 0.6 is 0 Å². The highest BCUT2D eigenvalue weighted by atomic mass is 16.2. The zero-order valence-corrected chi connectivity index (χ0v) is 94.4. The fraction of sp³-hybridized carbons (Fsp3) is 0.843. The molecule has 0 aromatic heterocycles. The van der Waals surface area contributed by atoms with E-state index in [0.717, 1.165) is 193 Å². The molecule has 1 rings (SSSR count). The number of ketones is 4. The molecule has 0 radical (unpaired) electrons. The molecule has 4 N–H and O–H groups in total. The van der Waals surface area contributed by atoms with Crippen LogP contribution in [0.5, 0.6) is 0 Å². The summed E-state index contributed by atoms with van der Waals surface area (Å²) in [6.45, 7) is 32.8. The predicted molar refractivity (Wildman–Crippen MR) is 605 cm³/mol. The quantitative estimate of drug-likeness (QED) is 0.0215. The second kappa shape index (κ2) is 102. The van der Waals surface area contributed by atoms with E-state index in [1.54, 1.807) is 18.2 Å². The maximum absolute atomic E-state index is 14.3. The van der Waals surface area contributed by atoms with Crippen LogP contribution in [0.3, 0.4) is 0 Å². The van der Waals surface area contributed by atoms with E-state index >= 15 is 0 Å². The van der Waals surface area contributed by atoms with Gasteiger partial charge in [0.25, 0.3) is 17.7 Å². The Hall–Kier alpha value is -5.00. The minimum atomic E-state index is -0.330. The minimum absolute atomic E-state index is 0.0977. The Balaban J connectivity index is 0.00000274. The molecular formula is C127H232N4O8. The van der Waals surface area contributed by atoms with Crippen LogP contribution in [0.4, 0.5) is 0 Å². The van der Waals surface area contributed by atoms with Gasteiger partial charge in [-0.1, -0.05) is 571 Å². The maximum Gasteiger partial charge on any atom is 0.252 e. The molecule has 4 amide bonds. The molecule has 12 nitrogen and oxygen atoms in total. The Morgan fingerprint density at radius 1 is 0.245 bits per heavy atom. The van der Waals surface area contributed by atoms with Crippen molar-refractivity contribution < 1.29 is 38.4 Å². The van der Waals surface area contributed by atoms with Gasteiger partial charge in [0.05, 0.1) is 17.5 Å². The number of rotatable bonds is 105. The van der Waals surface area contributed by atoms with Crippen LogP contribution < -0.4 is 21.3 Å². The van der Waals surface area contributed by atoms with Gasteiger partial charge in [-0.05, 0) is 93.2 Å². The summed E-state index contributed by atoms with van der Waals surface area (Å²) in [6.07, 6.45) is 105. The van der Waals surface area contributed by atoms with E-state index < -0.39 is 0 Å².